The molecule has 1 N–H and O–H groups in total. The first-order valence-electron chi connectivity index (χ1n) is 5.89. The second kappa shape index (κ2) is 5.12. The van der Waals surface area contributed by atoms with Crippen molar-refractivity contribution < 1.29 is 14.8 Å². The molecular weight excluding hydrogens is 262 g/mol. The van der Waals surface area contributed by atoms with Crippen LogP contribution in [0.5, 0.6) is 0 Å². The zero-order chi connectivity index (χ0) is 14.9. The molecule has 20 heavy (non-hydrogen) atoms. The lowest BCUT2D eigenvalue weighted by Crippen LogP contribution is -2.04. The zero-order valence-corrected chi connectivity index (χ0v) is 11.0. The number of nitro groups is 1. The Morgan fingerprint density at radius 3 is 2.60 bits per heavy atom. The lowest BCUT2D eigenvalue weighted by Gasteiger charge is -2.05. The predicted molar refractivity (Wildman–Crippen MR) is 70.9 cm³/mol. The van der Waals surface area contributed by atoms with E-state index in [0.29, 0.717) is 0 Å². The van der Waals surface area contributed by atoms with Gasteiger partial charge in [0, 0.05) is 0 Å². The van der Waals surface area contributed by atoms with Crippen molar-refractivity contribution in [2.75, 3.05) is 0 Å². The average Bonchev–Trinajstić information content (AvgIpc) is 2.78. The van der Waals surface area contributed by atoms with Gasteiger partial charge < -0.3 is 5.11 Å². The normalized spacial score (nSPS) is 10.5. The minimum Gasteiger partial charge on any atom is -0.476 e. The summed E-state index contributed by atoms with van der Waals surface area (Å²) in [6, 6.07) is 5.78. The van der Waals surface area contributed by atoms with Gasteiger partial charge in [-0.05, 0) is 30.5 Å². The van der Waals surface area contributed by atoms with Crippen LogP contribution >= 0.6 is 0 Å². The van der Waals surface area contributed by atoms with Crippen LogP contribution in [0.2, 0.25) is 0 Å². The smallest absolute Gasteiger partial charge is 0.363 e. The topological polar surface area (TPSA) is 98.3 Å². The van der Waals surface area contributed by atoms with E-state index in [9.17, 15) is 14.9 Å². The number of aromatic nitrogens is 2. The molecule has 0 fully saturated rings. The Morgan fingerprint density at radius 1 is 1.40 bits per heavy atom. The fourth-order valence-electron chi connectivity index (χ4n) is 1.87. The highest BCUT2D eigenvalue weighted by molar-refractivity contribution is 5.89. The molecule has 7 heteroatoms. The van der Waals surface area contributed by atoms with E-state index < -0.39 is 22.3 Å². The van der Waals surface area contributed by atoms with Gasteiger partial charge in [-0.15, -0.1) is 0 Å². The maximum absolute atomic E-state index is 10.9. The van der Waals surface area contributed by atoms with Crippen molar-refractivity contribution in [3.8, 4) is 0 Å². The van der Waals surface area contributed by atoms with Gasteiger partial charge in [0.05, 0.1) is 11.5 Å². The fraction of sp³-hybridized carbons (Fsp3) is 0.231. The molecular formula is C13H13N3O4. The summed E-state index contributed by atoms with van der Waals surface area (Å²) in [7, 11) is 0. The quantitative estimate of drug-likeness (QED) is 0.681. The van der Waals surface area contributed by atoms with Gasteiger partial charge in [0.15, 0.2) is 0 Å². The number of hydrogen-bond donors (Lipinski definition) is 1. The third kappa shape index (κ3) is 2.66. The molecule has 1 aromatic heterocycles. The third-order valence-corrected chi connectivity index (χ3v) is 3.06. The summed E-state index contributed by atoms with van der Waals surface area (Å²) in [6.07, 6.45) is 1.14. The lowest BCUT2D eigenvalue weighted by molar-refractivity contribution is -0.385. The van der Waals surface area contributed by atoms with Crippen molar-refractivity contribution in [2.24, 2.45) is 0 Å². The Bertz CT molecular complexity index is 659. The van der Waals surface area contributed by atoms with E-state index in [1.54, 1.807) is 0 Å². The van der Waals surface area contributed by atoms with Crippen LogP contribution in [0.15, 0.2) is 24.4 Å². The molecule has 0 amide bonds. The summed E-state index contributed by atoms with van der Waals surface area (Å²) >= 11 is 0. The molecule has 7 nitrogen and oxygen atoms in total. The van der Waals surface area contributed by atoms with Gasteiger partial charge in [0.2, 0.25) is 5.69 Å². The molecule has 1 aromatic carbocycles. The molecule has 0 atom stereocenters. The van der Waals surface area contributed by atoms with Crippen molar-refractivity contribution in [2.45, 2.75) is 20.4 Å². The molecule has 0 aliphatic heterocycles. The Hall–Kier alpha value is -2.70. The van der Waals surface area contributed by atoms with E-state index in [1.165, 1.54) is 4.68 Å². The summed E-state index contributed by atoms with van der Waals surface area (Å²) < 4.78 is 1.27. The van der Waals surface area contributed by atoms with Crippen LogP contribution in [0.25, 0.3) is 0 Å². The maximum Gasteiger partial charge on any atom is 0.363 e. The van der Waals surface area contributed by atoms with Crippen molar-refractivity contribution in [1.82, 2.24) is 9.78 Å². The minimum atomic E-state index is -1.41. The highest BCUT2D eigenvalue weighted by Gasteiger charge is 2.25. The number of aromatic carboxylic acids is 1. The molecule has 0 radical (unpaired) electrons. The summed E-state index contributed by atoms with van der Waals surface area (Å²) in [5.74, 6) is -1.41. The van der Waals surface area contributed by atoms with Gasteiger partial charge in [-0.1, -0.05) is 18.2 Å². The van der Waals surface area contributed by atoms with Crippen LogP contribution in [0.1, 0.15) is 27.2 Å². The SMILES string of the molecule is Cc1ccc(Cn2cc([N+](=O)[O-])c(C(=O)O)n2)cc1C. The van der Waals surface area contributed by atoms with Crippen molar-refractivity contribution in [3.63, 3.8) is 0 Å². The summed E-state index contributed by atoms with van der Waals surface area (Å²) in [5, 5.41) is 23.4. The molecule has 2 rings (SSSR count). The van der Waals surface area contributed by atoms with Crippen LogP contribution < -0.4 is 0 Å². The zero-order valence-electron chi connectivity index (χ0n) is 11.0. The third-order valence-electron chi connectivity index (χ3n) is 3.06. The number of rotatable bonds is 4. The molecule has 0 aliphatic carbocycles. The molecule has 0 bridgehead atoms. The van der Waals surface area contributed by atoms with Gasteiger partial charge in [0.25, 0.3) is 0 Å². The molecule has 0 unspecified atom stereocenters. The Balaban J connectivity index is 2.34. The number of hydrogen-bond acceptors (Lipinski definition) is 4. The van der Waals surface area contributed by atoms with E-state index in [4.69, 9.17) is 5.11 Å². The largest absolute Gasteiger partial charge is 0.476 e. The highest BCUT2D eigenvalue weighted by atomic mass is 16.6. The van der Waals surface area contributed by atoms with Gasteiger partial charge in [-0.25, -0.2) is 4.79 Å². The molecule has 0 saturated heterocycles. The number of carboxylic acids is 1. The van der Waals surface area contributed by atoms with Crippen LogP contribution in [-0.4, -0.2) is 25.8 Å². The van der Waals surface area contributed by atoms with Crippen LogP contribution in [-0.2, 0) is 6.54 Å². The van der Waals surface area contributed by atoms with Gasteiger partial charge in [-0.2, -0.15) is 5.10 Å². The fourth-order valence-corrected chi connectivity index (χ4v) is 1.87. The van der Waals surface area contributed by atoms with Gasteiger partial charge in [-0.3, -0.25) is 14.8 Å². The van der Waals surface area contributed by atoms with E-state index in [2.05, 4.69) is 5.10 Å². The summed E-state index contributed by atoms with van der Waals surface area (Å²) in [5.41, 5.74) is 2.11. The number of aryl methyl sites for hydroxylation is 2. The molecule has 0 saturated carbocycles. The molecule has 104 valence electrons. The van der Waals surface area contributed by atoms with Gasteiger partial charge in [0.1, 0.15) is 6.20 Å². The monoisotopic (exact) mass is 275 g/mol. The second-order valence-corrected chi connectivity index (χ2v) is 4.54. The van der Waals surface area contributed by atoms with E-state index in [0.717, 1.165) is 22.9 Å². The van der Waals surface area contributed by atoms with Crippen molar-refractivity contribution in [3.05, 3.63) is 56.9 Å². The first-order valence-corrected chi connectivity index (χ1v) is 5.89. The Morgan fingerprint density at radius 2 is 2.10 bits per heavy atom. The molecule has 0 spiro atoms. The molecule has 1 heterocycles. The highest BCUT2D eigenvalue weighted by Crippen LogP contribution is 2.18. The van der Waals surface area contributed by atoms with Crippen LogP contribution in [0.3, 0.4) is 0 Å². The molecule has 0 aliphatic rings. The number of benzene rings is 1. The number of carboxylic acid groups (broad SMARTS) is 1. The van der Waals surface area contributed by atoms with Gasteiger partial charge >= 0.3 is 11.7 Å². The maximum atomic E-state index is 10.9. The van der Waals surface area contributed by atoms with E-state index in [-0.39, 0.29) is 6.54 Å². The van der Waals surface area contributed by atoms with E-state index in [1.807, 2.05) is 32.0 Å². The van der Waals surface area contributed by atoms with Crippen LogP contribution in [0.4, 0.5) is 5.69 Å². The Kier molecular flexibility index (Phi) is 3.51. The molecule has 2 aromatic rings. The van der Waals surface area contributed by atoms with E-state index >= 15 is 0 Å². The van der Waals surface area contributed by atoms with Crippen molar-refractivity contribution in [1.29, 1.82) is 0 Å². The average molecular weight is 275 g/mol. The summed E-state index contributed by atoms with van der Waals surface area (Å²) in [6.45, 7) is 4.24. The first kappa shape index (κ1) is 13.7. The van der Waals surface area contributed by atoms with Crippen molar-refractivity contribution >= 4 is 11.7 Å². The standard InChI is InChI=1S/C13H13N3O4/c1-8-3-4-10(5-9(8)2)6-15-7-11(16(19)20)12(14-15)13(17)18/h3-5,7H,6H2,1-2H3,(H,17,18). The number of carbonyl (C=O) groups is 1. The lowest BCUT2D eigenvalue weighted by atomic mass is 10.1. The number of nitrogens with zero attached hydrogens (tertiary/aromatic N) is 3. The second-order valence-electron chi connectivity index (χ2n) is 4.54. The summed E-state index contributed by atoms with van der Waals surface area (Å²) in [4.78, 5) is 20.9. The minimum absolute atomic E-state index is 0.287. The van der Waals surface area contributed by atoms with Crippen LogP contribution in [0, 0.1) is 24.0 Å². The predicted octanol–water partition coefficient (Wildman–Crippen LogP) is 2.15. The first-order chi connectivity index (χ1) is 9.38. The Labute approximate surface area is 114 Å².